The van der Waals surface area contributed by atoms with Crippen molar-refractivity contribution in [3.05, 3.63) is 35.9 Å². The van der Waals surface area contributed by atoms with E-state index < -0.39 is 0 Å². The minimum Gasteiger partial charge on any atom is -0.325 e. The summed E-state index contributed by atoms with van der Waals surface area (Å²) in [5.41, 5.74) is 1.39. The van der Waals surface area contributed by atoms with Crippen molar-refractivity contribution in [3.63, 3.8) is 0 Å². The maximum Gasteiger partial charge on any atom is 0.104 e. The van der Waals surface area contributed by atoms with Gasteiger partial charge in [-0.1, -0.05) is 30.3 Å². The molecule has 1 aromatic carbocycles. The number of hydrogen-bond acceptors (Lipinski definition) is 2. The van der Waals surface area contributed by atoms with E-state index in [1.807, 2.05) is 6.92 Å². The Bertz CT molecular complexity index is 395. The SMILES string of the molecule is CCN=C=NCCC[N+](C)(C)Cc1ccccc1.Cl. The maximum absolute atomic E-state index is 4.14. The van der Waals surface area contributed by atoms with Crippen LogP contribution >= 0.6 is 12.4 Å². The Morgan fingerprint density at radius 2 is 1.79 bits per heavy atom. The molecule has 19 heavy (non-hydrogen) atoms. The van der Waals surface area contributed by atoms with Gasteiger partial charge in [-0.3, -0.25) is 0 Å². The lowest BCUT2D eigenvalue weighted by atomic mass is 10.2. The van der Waals surface area contributed by atoms with Gasteiger partial charge in [-0.25, -0.2) is 9.98 Å². The molecule has 3 nitrogen and oxygen atoms in total. The molecule has 0 N–H and O–H groups in total. The van der Waals surface area contributed by atoms with Crippen LogP contribution in [0, 0.1) is 0 Å². The molecule has 0 aliphatic heterocycles. The van der Waals surface area contributed by atoms with Gasteiger partial charge < -0.3 is 4.48 Å². The molecule has 0 atom stereocenters. The van der Waals surface area contributed by atoms with Gasteiger partial charge >= 0.3 is 0 Å². The molecule has 0 heterocycles. The molecule has 0 aliphatic rings. The maximum atomic E-state index is 4.14. The highest BCUT2D eigenvalue weighted by molar-refractivity contribution is 5.85. The molecule has 1 rings (SSSR count). The third kappa shape index (κ3) is 8.55. The Morgan fingerprint density at radius 1 is 1.11 bits per heavy atom. The van der Waals surface area contributed by atoms with Crippen molar-refractivity contribution in [2.75, 3.05) is 33.7 Å². The van der Waals surface area contributed by atoms with Crippen LogP contribution in [0.3, 0.4) is 0 Å². The first-order valence-corrected chi connectivity index (χ1v) is 6.58. The fourth-order valence-corrected chi connectivity index (χ4v) is 1.91. The van der Waals surface area contributed by atoms with Crippen molar-refractivity contribution in [3.8, 4) is 0 Å². The van der Waals surface area contributed by atoms with Gasteiger partial charge in [-0.05, 0) is 6.92 Å². The third-order valence-corrected chi connectivity index (χ3v) is 2.79. The molecule has 0 fully saturated rings. The number of aliphatic imine (C=N–C) groups is 2. The number of hydrogen-bond donors (Lipinski definition) is 0. The average molecular weight is 283 g/mol. The normalized spacial score (nSPS) is 10.3. The van der Waals surface area contributed by atoms with E-state index in [1.54, 1.807) is 0 Å². The number of nitrogens with zero attached hydrogens (tertiary/aromatic N) is 3. The summed E-state index contributed by atoms with van der Waals surface area (Å²) >= 11 is 0. The third-order valence-electron chi connectivity index (χ3n) is 2.79. The first-order chi connectivity index (χ1) is 8.64. The molecule has 1 aromatic rings. The molecular weight excluding hydrogens is 258 g/mol. The smallest absolute Gasteiger partial charge is 0.104 e. The van der Waals surface area contributed by atoms with Gasteiger partial charge in [0.2, 0.25) is 0 Å². The lowest BCUT2D eigenvalue weighted by molar-refractivity contribution is -0.903. The van der Waals surface area contributed by atoms with E-state index in [4.69, 9.17) is 0 Å². The zero-order chi connectivity index (χ0) is 13.3. The predicted octanol–water partition coefficient (Wildman–Crippen LogP) is 3.27. The number of quaternary nitrogens is 1. The highest BCUT2D eigenvalue weighted by Gasteiger charge is 2.14. The zero-order valence-corrected chi connectivity index (χ0v) is 13.0. The molecule has 106 valence electrons. The molecule has 0 aromatic heterocycles. The van der Waals surface area contributed by atoms with Crippen molar-refractivity contribution in [2.45, 2.75) is 19.9 Å². The first-order valence-electron chi connectivity index (χ1n) is 6.58. The van der Waals surface area contributed by atoms with Crippen LogP contribution in [0.4, 0.5) is 0 Å². The molecular formula is C15H25ClN3+. The summed E-state index contributed by atoms with van der Waals surface area (Å²) in [6, 6.07) is 13.3. The van der Waals surface area contributed by atoms with E-state index in [0.29, 0.717) is 0 Å². The van der Waals surface area contributed by atoms with E-state index in [2.05, 4.69) is 60.4 Å². The van der Waals surface area contributed by atoms with Gasteiger partial charge in [-0.2, -0.15) is 0 Å². The van der Waals surface area contributed by atoms with Gasteiger partial charge in [0.25, 0.3) is 0 Å². The van der Waals surface area contributed by atoms with Crippen LogP contribution in [-0.4, -0.2) is 44.2 Å². The number of halogens is 1. The summed E-state index contributed by atoms with van der Waals surface area (Å²) in [5, 5.41) is 0. The van der Waals surface area contributed by atoms with Crippen molar-refractivity contribution >= 4 is 18.4 Å². The van der Waals surface area contributed by atoms with E-state index in [1.165, 1.54) is 5.56 Å². The fraction of sp³-hybridized carbons (Fsp3) is 0.533. The second kappa shape index (κ2) is 9.74. The topological polar surface area (TPSA) is 24.7 Å². The molecule has 0 spiro atoms. The van der Waals surface area contributed by atoms with Crippen LogP contribution < -0.4 is 0 Å². The summed E-state index contributed by atoms with van der Waals surface area (Å²) in [5.74, 6) is 0. The van der Waals surface area contributed by atoms with Crippen molar-refractivity contribution < 1.29 is 4.48 Å². The second-order valence-corrected chi connectivity index (χ2v) is 5.11. The standard InChI is InChI=1S/C15H24N3.ClH/c1-4-16-14-17-11-8-12-18(2,3)13-15-9-6-5-7-10-15;/h5-7,9-10H,4,8,11-13H2,1-3H3;1H/q+1;. The first kappa shape index (κ1) is 17.8. The van der Waals surface area contributed by atoms with Crippen LogP contribution in [-0.2, 0) is 6.54 Å². The minimum absolute atomic E-state index is 0. The summed E-state index contributed by atoms with van der Waals surface area (Å²) in [6.07, 6.45) is 1.08. The zero-order valence-electron chi connectivity index (χ0n) is 12.2. The summed E-state index contributed by atoms with van der Waals surface area (Å²) < 4.78 is 0.991. The monoisotopic (exact) mass is 282 g/mol. The average Bonchev–Trinajstić information content (AvgIpc) is 2.34. The van der Waals surface area contributed by atoms with E-state index in [9.17, 15) is 0 Å². The molecule has 0 amide bonds. The molecule has 0 radical (unpaired) electrons. The fourth-order valence-electron chi connectivity index (χ4n) is 1.91. The van der Waals surface area contributed by atoms with Crippen LogP contribution in [0.15, 0.2) is 40.3 Å². The van der Waals surface area contributed by atoms with Crippen molar-refractivity contribution in [1.82, 2.24) is 0 Å². The molecule has 0 saturated heterocycles. The molecule has 0 saturated carbocycles. The van der Waals surface area contributed by atoms with E-state index >= 15 is 0 Å². The molecule has 0 unspecified atom stereocenters. The molecule has 4 heteroatoms. The van der Waals surface area contributed by atoms with Crippen molar-refractivity contribution in [2.24, 2.45) is 9.98 Å². The lowest BCUT2D eigenvalue weighted by Crippen LogP contribution is -2.39. The van der Waals surface area contributed by atoms with Gasteiger partial charge in [0.15, 0.2) is 0 Å². The minimum atomic E-state index is 0. The van der Waals surface area contributed by atoms with E-state index in [-0.39, 0.29) is 12.4 Å². The highest BCUT2D eigenvalue weighted by Crippen LogP contribution is 2.09. The summed E-state index contributed by atoms with van der Waals surface area (Å²) in [6.45, 7) is 5.75. The summed E-state index contributed by atoms with van der Waals surface area (Å²) in [7, 11) is 4.52. The van der Waals surface area contributed by atoms with Gasteiger partial charge in [-0.15, -0.1) is 12.4 Å². The Hall–Kier alpha value is -1.15. The van der Waals surface area contributed by atoms with Crippen LogP contribution in [0.25, 0.3) is 0 Å². The number of rotatable bonds is 7. The predicted molar refractivity (Wildman–Crippen MR) is 84.3 cm³/mol. The summed E-state index contributed by atoms with van der Waals surface area (Å²) in [4.78, 5) is 8.10. The van der Waals surface area contributed by atoms with Gasteiger partial charge in [0.05, 0.1) is 33.2 Å². The quantitative estimate of drug-likeness (QED) is 0.417. The largest absolute Gasteiger partial charge is 0.325 e. The van der Waals surface area contributed by atoms with E-state index in [0.717, 1.165) is 37.1 Å². The van der Waals surface area contributed by atoms with Crippen molar-refractivity contribution in [1.29, 1.82) is 0 Å². The second-order valence-electron chi connectivity index (χ2n) is 5.11. The lowest BCUT2D eigenvalue weighted by Gasteiger charge is -2.29. The van der Waals surface area contributed by atoms with Gasteiger partial charge in [0, 0.05) is 18.5 Å². The number of benzene rings is 1. The molecule has 0 bridgehead atoms. The Labute approximate surface area is 123 Å². The Morgan fingerprint density at radius 3 is 2.42 bits per heavy atom. The van der Waals surface area contributed by atoms with Crippen LogP contribution in [0.1, 0.15) is 18.9 Å². The van der Waals surface area contributed by atoms with Crippen LogP contribution in [0.2, 0.25) is 0 Å². The Kier molecular flexibility index (Phi) is 9.15. The Balaban J connectivity index is 0.00000324. The van der Waals surface area contributed by atoms with Gasteiger partial charge in [0.1, 0.15) is 6.54 Å². The highest BCUT2D eigenvalue weighted by atomic mass is 35.5. The van der Waals surface area contributed by atoms with Crippen LogP contribution in [0.5, 0.6) is 0 Å². The molecule has 0 aliphatic carbocycles.